The maximum Gasteiger partial charge on any atom is 0.416 e. The highest BCUT2D eigenvalue weighted by Crippen LogP contribution is 2.44. The number of nitrogens with one attached hydrogen (secondary N) is 1. The van der Waals surface area contributed by atoms with Gasteiger partial charge in [-0.15, -0.1) is 0 Å². The van der Waals surface area contributed by atoms with Crippen molar-refractivity contribution in [3.8, 4) is 34.0 Å². The average molecular weight is 561 g/mol. The van der Waals surface area contributed by atoms with Crippen LogP contribution in [0.1, 0.15) is 21.5 Å². The van der Waals surface area contributed by atoms with Crippen LogP contribution in [0, 0.1) is 6.92 Å². The Labute approximate surface area is 232 Å². The normalized spacial score (nSPS) is 11.4. The van der Waals surface area contributed by atoms with Crippen LogP contribution in [-0.2, 0) is 6.18 Å². The zero-order valence-corrected chi connectivity index (χ0v) is 22.1. The van der Waals surface area contributed by atoms with Gasteiger partial charge < -0.3 is 20.5 Å². The minimum Gasteiger partial charge on any atom is -0.495 e. The molecule has 5 rings (SSSR count). The maximum absolute atomic E-state index is 13.2. The zero-order valence-electron chi connectivity index (χ0n) is 22.1. The summed E-state index contributed by atoms with van der Waals surface area (Å²) in [6.07, 6.45) is 0.174. The van der Waals surface area contributed by atoms with Crippen LogP contribution in [0.3, 0.4) is 0 Å². The van der Waals surface area contributed by atoms with Crippen molar-refractivity contribution in [1.29, 1.82) is 0 Å². The molecule has 1 amide bonds. The van der Waals surface area contributed by atoms with Crippen molar-refractivity contribution in [3.05, 3.63) is 83.8 Å². The van der Waals surface area contributed by atoms with E-state index in [0.29, 0.717) is 38.9 Å². The molecular formula is C29H23F3N6O3. The number of nitrogens with zero attached hydrogens (tertiary/aromatic N) is 4. The summed E-state index contributed by atoms with van der Waals surface area (Å²) >= 11 is 0. The third-order valence-corrected chi connectivity index (χ3v) is 6.39. The minimum absolute atomic E-state index is 0.0202. The van der Waals surface area contributed by atoms with Gasteiger partial charge in [0.1, 0.15) is 5.75 Å². The molecule has 2 heterocycles. The summed E-state index contributed by atoms with van der Waals surface area (Å²) in [5.74, 6) is -0.0967. The van der Waals surface area contributed by atoms with Crippen LogP contribution in [0.25, 0.3) is 33.2 Å². The second-order valence-electron chi connectivity index (χ2n) is 9.02. The van der Waals surface area contributed by atoms with Gasteiger partial charge in [-0.25, -0.2) is 19.9 Å². The SMILES string of the molecule is COc1ncc(-c2c(OC)c(-c3cc(C(=O)Nc4cccc(C(F)(F)F)c4)ccc3C)cc3cnc(N)nc23)cn1. The van der Waals surface area contributed by atoms with E-state index in [1.807, 2.05) is 13.0 Å². The first-order chi connectivity index (χ1) is 19.6. The molecule has 0 bridgehead atoms. The summed E-state index contributed by atoms with van der Waals surface area (Å²) in [7, 11) is 2.96. The van der Waals surface area contributed by atoms with Crippen molar-refractivity contribution in [2.24, 2.45) is 0 Å². The number of amides is 1. The van der Waals surface area contributed by atoms with Gasteiger partial charge in [-0.1, -0.05) is 12.1 Å². The van der Waals surface area contributed by atoms with Crippen LogP contribution in [0.5, 0.6) is 11.8 Å². The number of aryl methyl sites for hydroxylation is 1. The quantitative estimate of drug-likeness (QED) is 0.262. The van der Waals surface area contributed by atoms with Crippen LogP contribution in [0.4, 0.5) is 24.8 Å². The van der Waals surface area contributed by atoms with Crippen LogP contribution in [-0.4, -0.2) is 40.1 Å². The number of aromatic nitrogens is 4. The predicted molar refractivity (Wildman–Crippen MR) is 148 cm³/mol. The summed E-state index contributed by atoms with van der Waals surface area (Å²) in [6, 6.07) is 11.4. The monoisotopic (exact) mass is 560 g/mol. The van der Waals surface area contributed by atoms with E-state index in [-0.39, 0.29) is 23.2 Å². The van der Waals surface area contributed by atoms with E-state index in [2.05, 4.69) is 25.3 Å². The molecule has 0 radical (unpaired) electrons. The fourth-order valence-corrected chi connectivity index (χ4v) is 4.43. The number of rotatable bonds is 6. The molecule has 0 saturated carbocycles. The number of hydrogen-bond acceptors (Lipinski definition) is 8. The lowest BCUT2D eigenvalue weighted by Crippen LogP contribution is -2.13. The number of carbonyl (C=O) groups excluding carboxylic acids is 1. The molecule has 3 aromatic carbocycles. The number of anilines is 2. The molecule has 12 heteroatoms. The summed E-state index contributed by atoms with van der Waals surface area (Å²) in [4.78, 5) is 30.1. The number of nitrogens with two attached hydrogens (primary N) is 1. The van der Waals surface area contributed by atoms with E-state index in [1.54, 1.807) is 36.8 Å². The van der Waals surface area contributed by atoms with Gasteiger partial charge in [-0.2, -0.15) is 13.2 Å². The average Bonchev–Trinajstić information content (AvgIpc) is 2.96. The largest absolute Gasteiger partial charge is 0.495 e. The van der Waals surface area contributed by atoms with Crippen molar-refractivity contribution in [3.63, 3.8) is 0 Å². The van der Waals surface area contributed by atoms with Crippen LogP contribution < -0.4 is 20.5 Å². The number of methoxy groups -OCH3 is 2. The first-order valence-electron chi connectivity index (χ1n) is 12.2. The number of fused-ring (bicyclic) bond motifs is 1. The van der Waals surface area contributed by atoms with Crippen LogP contribution in [0.2, 0.25) is 0 Å². The molecule has 9 nitrogen and oxygen atoms in total. The first kappa shape index (κ1) is 27.3. The Kier molecular flexibility index (Phi) is 7.14. The summed E-state index contributed by atoms with van der Waals surface area (Å²) in [6.45, 7) is 1.86. The molecule has 0 aliphatic heterocycles. The van der Waals surface area contributed by atoms with E-state index in [4.69, 9.17) is 15.2 Å². The maximum atomic E-state index is 13.2. The van der Waals surface area contributed by atoms with E-state index in [0.717, 1.165) is 17.7 Å². The zero-order chi connectivity index (χ0) is 29.3. The molecule has 5 aromatic rings. The summed E-state index contributed by atoms with van der Waals surface area (Å²) in [5, 5.41) is 3.19. The van der Waals surface area contributed by atoms with Crippen molar-refractivity contribution in [2.75, 3.05) is 25.3 Å². The predicted octanol–water partition coefficient (Wildman–Crippen LogP) is 5.93. The van der Waals surface area contributed by atoms with Gasteiger partial charge in [0.15, 0.2) is 0 Å². The Bertz CT molecular complexity index is 1780. The second kappa shape index (κ2) is 10.7. The molecule has 0 fully saturated rings. The molecule has 0 aliphatic rings. The summed E-state index contributed by atoms with van der Waals surface area (Å²) < 4.78 is 50.4. The Morgan fingerprint density at radius 2 is 1.68 bits per heavy atom. The molecule has 0 aliphatic carbocycles. The van der Waals surface area contributed by atoms with Gasteiger partial charge in [-0.05, 0) is 54.4 Å². The van der Waals surface area contributed by atoms with Crippen molar-refractivity contribution in [1.82, 2.24) is 19.9 Å². The Balaban J connectivity index is 1.64. The fourth-order valence-electron chi connectivity index (χ4n) is 4.43. The smallest absolute Gasteiger partial charge is 0.416 e. The van der Waals surface area contributed by atoms with Crippen LogP contribution >= 0.6 is 0 Å². The number of nitrogen functional groups attached to an aromatic ring is 1. The number of ether oxygens (including phenoxy) is 2. The molecule has 0 saturated heterocycles. The van der Waals surface area contributed by atoms with E-state index < -0.39 is 17.6 Å². The molecule has 0 atom stereocenters. The number of alkyl halides is 3. The van der Waals surface area contributed by atoms with Gasteiger partial charge in [0.05, 0.1) is 30.9 Å². The van der Waals surface area contributed by atoms with Gasteiger partial charge in [0, 0.05) is 46.4 Å². The number of halogens is 3. The Hall–Kier alpha value is -5.26. The Morgan fingerprint density at radius 1 is 0.927 bits per heavy atom. The standard InChI is InChI=1S/C29H23F3N6O3/c1-15-7-8-16(26(39)37-20-6-4-5-19(11-20)29(30,31)32)9-21(15)22-10-17-12-34-27(33)38-24(17)23(25(22)40-2)18-13-35-28(41-3)36-14-18/h4-14H,1-3H3,(H,37,39)(H2,33,34,38). The second-order valence-corrected chi connectivity index (χ2v) is 9.02. The Morgan fingerprint density at radius 3 is 2.37 bits per heavy atom. The van der Waals surface area contributed by atoms with Gasteiger partial charge >= 0.3 is 12.2 Å². The molecule has 2 aromatic heterocycles. The molecule has 3 N–H and O–H groups in total. The van der Waals surface area contributed by atoms with Gasteiger partial charge in [-0.3, -0.25) is 4.79 Å². The third kappa shape index (κ3) is 5.44. The highest BCUT2D eigenvalue weighted by molar-refractivity contribution is 6.06. The summed E-state index contributed by atoms with van der Waals surface area (Å²) in [5.41, 5.74) is 9.00. The lowest BCUT2D eigenvalue weighted by Gasteiger charge is -2.18. The van der Waals surface area contributed by atoms with Gasteiger partial charge in [0.2, 0.25) is 5.95 Å². The topological polar surface area (TPSA) is 125 Å². The number of hydrogen-bond donors (Lipinski definition) is 2. The lowest BCUT2D eigenvalue weighted by atomic mass is 9.92. The molecule has 0 unspecified atom stereocenters. The van der Waals surface area contributed by atoms with E-state index in [1.165, 1.54) is 26.4 Å². The van der Waals surface area contributed by atoms with Crippen molar-refractivity contribution >= 4 is 28.4 Å². The van der Waals surface area contributed by atoms with Crippen molar-refractivity contribution < 1.29 is 27.4 Å². The third-order valence-electron chi connectivity index (χ3n) is 6.39. The highest BCUT2D eigenvalue weighted by Gasteiger charge is 2.30. The molecule has 0 spiro atoms. The van der Waals surface area contributed by atoms with Crippen LogP contribution in [0.15, 0.2) is 67.1 Å². The number of carbonyl (C=O) groups is 1. The first-order valence-corrected chi connectivity index (χ1v) is 12.2. The van der Waals surface area contributed by atoms with Gasteiger partial charge in [0.25, 0.3) is 5.91 Å². The minimum atomic E-state index is -4.54. The number of benzene rings is 3. The lowest BCUT2D eigenvalue weighted by molar-refractivity contribution is -0.137. The fraction of sp³-hybridized carbons (Fsp3) is 0.138. The molecule has 208 valence electrons. The highest BCUT2D eigenvalue weighted by atomic mass is 19.4. The molecule has 41 heavy (non-hydrogen) atoms. The van der Waals surface area contributed by atoms with E-state index >= 15 is 0 Å². The van der Waals surface area contributed by atoms with E-state index in [9.17, 15) is 18.0 Å². The molecular weight excluding hydrogens is 537 g/mol. The van der Waals surface area contributed by atoms with Crippen molar-refractivity contribution in [2.45, 2.75) is 13.1 Å².